The number of hydrogen-bond acceptors (Lipinski definition) is 3. The van der Waals surface area contributed by atoms with E-state index in [0.717, 1.165) is 43.7 Å². The highest BCUT2D eigenvalue weighted by Gasteiger charge is 2.31. The van der Waals surface area contributed by atoms with Crippen LogP contribution in [-0.2, 0) is 4.74 Å². The summed E-state index contributed by atoms with van der Waals surface area (Å²) in [6.45, 7) is 5.73. The summed E-state index contributed by atoms with van der Waals surface area (Å²) in [6.07, 6.45) is 3.20. The molecular formula is C16H24N2O2. The lowest BCUT2D eigenvalue weighted by Crippen LogP contribution is -2.47. The van der Waals surface area contributed by atoms with Crippen molar-refractivity contribution >= 4 is 11.6 Å². The van der Waals surface area contributed by atoms with Crippen molar-refractivity contribution in [2.45, 2.75) is 45.3 Å². The molecule has 0 spiro atoms. The smallest absolute Gasteiger partial charge is 0.253 e. The highest BCUT2D eigenvalue weighted by Crippen LogP contribution is 2.24. The number of carbonyl (C=O) groups is 1. The Balaban J connectivity index is 1.89. The van der Waals surface area contributed by atoms with Crippen molar-refractivity contribution in [2.75, 3.05) is 18.5 Å². The van der Waals surface area contributed by atoms with Crippen LogP contribution in [0.4, 0.5) is 5.69 Å². The molecule has 2 rings (SSSR count). The van der Waals surface area contributed by atoms with E-state index in [-0.39, 0.29) is 11.9 Å². The minimum absolute atomic E-state index is 0.00384. The second-order valence-electron chi connectivity index (χ2n) is 5.19. The summed E-state index contributed by atoms with van der Waals surface area (Å²) in [5.74, 6) is 0.00384. The van der Waals surface area contributed by atoms with Crippen molar-refractivity contribution in [2.24, 2.45) is 0 Å². The lowest BCUT2D eigenvalue weighted by atomic mass is 9.89. The van der Waals surface area contributed by atoms with Crippen molar-refractivity contribution in [3.8, 4) is 0 Å². The fourth-order valence-corrected chi connectivity index (χ4v) is 2.41. The molecule has 20 heavy (non-hydrogen) atoms. The summed E-state index contributed by atoms with van der Waals surface area (Å²) in [7, 11) is 0. The predicted molar refractivity (Wildman–Crippen MR) is 81.1 cm³/mol. The zero-order valence-corrected chi connectivity index (χ0v) is 12.3. The Morgan fingerprint density at radius 3 is 2.75 bits per heavy atom. The first-order valence-corrected chi connectivity index (χ1v) is 7.50. The van der Waals surface area contributed by atoms with Crippen molar-refractivity contribution in [1.82, 2.24) is 5.32 Å². The second kappa shape index (κ2) is 7.29. The van der Waals surface area contributed by atoms with E-state index in [2.05, 4.69) is 17.6 Å². The average molecular weight is 276 g/mol. The van der Waals surface area contributed by atoms with E-state index in [0.29, 0.717) is 6.10 Å². The van der Waals surface area contributed by atoms with Gasteiger partial charge in [0.05, 0.1) is 11.7 Å². The van der Waals surface area contributed by atoms with Gasteiger partial charge in [0.2, 0.25) is 0 Å². The van der Waals surface area contributed by atoms with E-state index in [4.69, 9.17) is 4.74 Å². The summed E-state index contributed by atoms with van der Waals surface area (Å²) in [6, 6.07) is 7.91. The fraction of sp³-hybridized carbons (Fsp3) is 0.562. The van der Waals surface area contributed by atoms with Crippen LogP contribution in [-0.4, -0.2) is 31.2 Å². The molecule has 0 saturated heterocycles. The van der Waals surface area contributed by atoms with Gasteiger partial charge in [-0.1, -0.05) is 19.1 Å². The van der Waals surface area contributed by atoms with Gasteiger partial charge in [-0.2, -0.15) is 0 Å². The number of anilines is 1. The van der Waals surface area contributed by atoms with Crippen molar-refractivity contribution in [3.63, 3.8) is 0 Å². The number of carbonyl (C=O) groups excluding carboxylic acids is 1. The van der Waals surface area contributed by atoms with Gasteiger partial charge in [-0.15, -0.1) is 0 Å². The maximum absolute atomic E-state index is 12.3. The van der Waals surface area contributed by atoms with Crippen LogP contribution in [0.25, 0.3) is 0 Å². The van der Waals surface area contributed by atoms with Crippen LogP contribution in [0, 0.1) is 0 Å². The van der Waals surface area contributed by atoms with Gasteiger partial charge in [-0.3, -0.25) is 4.79 Å². The van der Waals surface area contributed by atoms with Gasteiger partial charge in [-0.25, -0.2) is 0 Å². The summed E-state index contributed by atoms with van der Waals surface area (Å²) >= 11 is 0. The van der Waals surface area contributed by atoms with E-state index < -0.39 is 0 Å². The Bertz CT molecular complexity index is 442. The largest absolute Gasteiger partial charge is 0.384 e. The Morgan fingerprint density at radius 2 is 2.05 bits per heavy atom. The maximum Gasteiger partial charge on any atom is 0.253 e. The Labute approximate surface area is 120 Å². The van der Waals surface area contributed by atoms with Gasteiger partial charge in [-0.05, 0) is 38.3 Å². The van der Waals surface area contributed by atoms with Crippen LogP contribution in [0.2, 0.25) is 0 Å². The molecule has 1 aliphatic rings. The highest BCUT2D eigenvalue weighted by atomic mass is 16.5. The van der Waals surface area contributed by atoms with E-state index >= 15 is 0 Å². The molecule has 0 bridgehead atoms. The molecule has 0 radical (unpaired) electrons. The lowest BCUT2D eigenvalue weighted by molar-refractivity contribution is -0.00861. The fourth-order valence-electron chi connectivity index (χ4n) is 2.41. The predicted octanol–water partition coefficient (Wildman–Crippen LogP) is 2.81. The first-order valence-electron chi connectivity index (χ1n) is 7.50. The van der Waals surface area contributed by atoms with Gasteiger partial charge in [0.1, 0.15) is 0 Å². The number of para-hydroxylation sites is 1. The Hall–Kier alpha value is -1.55. The zero-order chi connectivity index (χ0) is 14.4. The third kappa shape index (κ3) is 3.73. The van der Waals surface area contributed by atoms with Crippen LogP contribution in [0.15, 0.2) is 24.3 Å². The first-order chi connectivity index (χ1) is 9.74. The number of hydrogen-bond donors (Lipinski definition) is 2. The van der Waals surface area contributed by atoms with Crippen LogP contribution in [0.1, 0.15) is 43.5 Å². The molecule has 0 heterocycles. The quantitative estimate of drug-likeness (QED) is 0.805. The Morgan fingerprint density at radius 1 is 1.30 bits per heavy atom. The van der Waals surface area contributed by atoms with Crippen LogP contribution < -0.4 is 10.6 Å². The molecule has 1 amide bonds. The molecule has 4 heteroatoms. The standard InChI is InChI=1S/C16H24N2O2/c1-3-9-17-15-8-6-5-7-14(15)16(19)18-12-10-13(11-12)20-4-2/h5-8,12-13,17H,3-4,9-11H2,1-2H3,(H,18,19). The Kier molecular flexibility index (Phi) is 5.41. The first kappa shape index (κ1) is 14.9. The molecular weight excluding hydrogens is 252 g/mol. The van der Waals surface area contributed by atoms with E-state index in [1.165, 1.54) is 0 Å². The van der Waals surface area contributed by atoms with E-state index in [1.807, 2.05) is 31.2 Å². The van der Waals surface area contributed by atoms with Gasteiger partial charge in [0.25, 0.3) is 5.91 Å². The minimum Gasteiger partial charge on any atom is -0.384 e. The number of amides is 1. The van der Waals surface area contributed by atoms with Crippen LogP contribution >= 0.6 is 0 Å². The molecule has 0 aliphatic heterocycles. The molecule has 2 N–H and O–H groups in total. The molecule has 1 saturated carbocycles. The van der Waals surface area contributed by atoms with Gasteiger partial charge >= 0.3 is 0 Å². The molecule has 1 aliphatic carbocycles. The van der Waals surface area contributed by atoms with Crippen LogP contribution in [0.5, 0.6) is 0 Å². The second-order valence-corrected chi connectivity index (χ2v) is 5.19. The molecule has 1 fully saturated rings. The van der Waals surface area contributed by atoms with Crippen molar-refractivity contribution in [3.05, 3.63) is 29.8 Å². The van der Waals surface area contributed by atoms with E-state index in [9.17, 15) is 4.79 Å². The monoisotopic (exact) mass is 276 g/mol. The summed E-state index contributed by atoms with van der Waals surface area (Å²) in [4.78, 5) is 12.3. The molecule has 110 valence electrons. The third-order valence-electron chi connectivity index (χ3n) is 3.57. The highest BCUT2D eigenvalue weighted by molar-refractivity contribution is 5.99. The van der Waals surface area contributed by atoms with Gasteiger partial charge in [0.15, 0.2) is 0 Å². The zero-order valence-electron chi connectivity index (χ0n) is 12.3. The number of nitrogens with one attached hydrogen (secondary N) is 2. The summed E-state index contributed by atoms with van der Waals surface area (Å²) in [5, 5.41) is 6.38. The number of rotatable bonds is 7. The molecule has 0 atom stereocenters. The summed E-state index contributed by atoms with van der Waals surface area (Å²) < 4.78 is 5.51. The van der Waals surface area contributed by atoms with Gasteiger partial charge < -0.3 is 15.4 Å². The molecule has 1 aromatic carbocycles. The third-order valence-corrected chi connectivity index (χ3v) is 3.57. The van der Waals surface area contributed by atoms with E-state index in [1.54, 1.807) is 0 Å². The molecule has 0 unspecified atom stereocenters. The molecule has 4 nitrogen and oxygen atoms in total. The molecule has 1 aromatic rings. The maximum atomic E-state index is 12.3. The molecule has 0 aromatic heterocycles. The van der Waals surface area contributed by atoms with Crippen molar-refractivity contribution < 1.29 is 9.53 Å². The number of ether oxygens (including phenoxy) is 1. The number of benzene rings is 1. The summed E-state index contributed by atoms with van der Waals surface area (Å²) in [5.41, 5.74) is 1.63. The van der Waals surface area contributed by atoms with Crippen LogP contribution in [0.3, 0.4) is 0 Å². The van der Waals surface area contributed by atoms with Crippen molar-refractivity contribution in [1.29, 1.82) is 0 Å². The SMILES string of the molecule is CCCNc1ccccc1C(=O)NC1CC(OCC)C1. The topological polar surface area (TPSA) is 50.4 Å². The normalized spacial score (nSPS) is 21.1. The minimum atomic E-state index is 0.00384. The lowest BCUT2D eigenvalue weighted by Gasteiger charge is -2.35. The average Bonchev–Trinajstić information content (AvgIpc) is 2.43. The van der Waals surface area contributed by atoms with Gasteiger partial charge in [0, 0.05) is 24.9 Å².